The molecule has 0 saturated carbocycles. The van der Waals surface area contributed by atoms with Crippen LogP contribution < -0.4 is 10.6 Å². The van der Waals surface area contributed by atoms with Crippen molar-refractivity contribution in [1.29, 1.82) is 0 Å². The number of benzene rings is 1. The monoisotopic (exact) mass is 322 g/mol. The molecule has 1 aromatic heterocycles. The van der Waals surface area contributed by atoms with Gasteiger partial charge in [-0.15, -0.1) is 11.3 Å². The molecule has 2 rings (SSSR count). The largest absolute Gasteiger partial charge is 0.348 e. The van der Waals surface area contributed by atoms with E-state index in [9.17, 15) is 4.79 Å². The van der Waals surface area contributed by atoms with E-state index in [0.717, 1.165) is 10.4 Å². The van der Waals surface area contributed by atoms with Gasteiger partial charge >= 0.3 is 0 Å². The van der Waals surface area contributed by atoms with Gasteiger partial charge in [-0.2, -0.15) is 0 Å². The van der Waals surface area contributed by atoms with Crippen molar-refractivity contribution in [2.75, 3.05) is 6.54 Å². The minimum Gasteiger partial charge on any atom is -0.348 e. The molecule has 1 aromatic carbocycles. The van der Waals surface area contributed by atoms with Crippen LogP contribution in [-0.2, 0) is 4.79 Å². The van der Waals surface area contributed by atoms with Crippen molar-refractivity contribution in [2.24, 2.45) is 0 Å². The molecule has 0 aliphatic carbocycles. The van der Waals surface area contributed by atoms with E-state index in [0.29, 0.717) is 11.6 Å². The second-order valence-corrected chi connectivity index (χ2v) is 6.37. The van der Waals surface area contributed by atoms with Crippen molar-refractivity contribution in [1.82, 2.24) is 10.6 Å². The minimum atomic E-state index is -0.00304. The molecule has 2 atom stereocenters. The number of amides is 1. The van der Waals surface area contributed by atoms with E-state index in [4.69, 9.17) is 11.6 Å². The van der Waals surface area contributed by atoms with E-state index in [1.54, 1.807) is 11.3 Å². The summed E-state index contributed by atoms with van der Waals surface area (Å²) in [6.45, 7) is 4.31. The van der Waals surface area contributed by atoms with Gasteiger partial charge in [0.05, 0.1) is 12.6 Å². The Labute approximate surface area is 134 Å². The van der Waals surface area contributed by atoms with Crippen molar-refractivity contribution in [3.63, 3.8) is 0 Å². The van der Waals surface area contributed by atoms with Gasteiger partial charge in [0.15, 0.2) is 0 Å². The lowest BCUT2D eigenvalue weighted by atomic mass is 10.1. The van der Waals surface area contributed by atoms with Gasteiger partial charge in [-0.25, -0.2) is 0 Å². The maximum absolute atomic E-state index is 11.9. The van der Waals surface area contributed by atoms with Gasteiger partial charge in [0, 0.05) is 15.9 Å². The number of rotatable bonds is 6. The van der Waals surface area contributed by atoms with E-state index >= 15 is 0 Å². The molecule has 3 nitrogen and oxygen atoms in total. The van der Waals surface area contributed by atoms with Crippen LogP contribution in [0.3, 0.4) is 0 Å². The first-order chi connectivity index (χ1) is 10.1. The minimum absolute atomic E-state index is 0.00304. The zero-order valence-corrected chi connectivity index (χ0v) is 13.7. The Kier molecular flexibility index (Phi) is 5.79. The summed E-state index contributed by atoms with van der Waals surface area (Å²) in [5.74, 6) is -0.00304. The zero-order valence-electron chi connectivity index (χ0n) is 12.1. The van der Waals surface area contributed by atoms with Crippen LogP contribution in [0.4, 0.5) is 0 Å². The molecule has 2 aromatic rings. The normalized spacial score (nSPS) is 13.7. The van der Waals surface area contributed by atoms with Crippen LogP contribution in [0.1, 0.15) is 36.4 Å². The van der Waals surface area contributed by atoms with Crippen LogP contribution in [-0.4, -0.2) is 12.5 Å². The summed E-state index contributed by atoms with van der Waals surface area (Å²) in [7, 11) is 0. The lowest BCUT2D eigenvalue weighted by Gasteiger charge is -2.16. The van der Waals surface area contributed by atoms with Crippen molar-refractivity contribution >= 4 is 28.8 Å². The van der Waals surface area contributed by atoms with E-state index < -0.39 is 0 Å². The fourth-order valence-electron chi connectivity index (χ4n) is 2.02. The molecule has 1 amide bonds. The first kappa shape index (κ1) is 16.0. The van der Waals surface area contributed by atoms with Crippen LogP contribution in [0.15, 0.2) is 41.8 Å². The maximum Gasteiger partial charge on any atom is 0.234 e. The number of nitrogens with one attached hydrogen (secondary N) is 2. The predicted octanol–water partition coefficient (Wildman–Crippen LogP) is 3.93. The summed E-state index contributed by atoms with van der Waals surface area (Å²) in [6, 6.07) is 11.8. The fraction of sp³-hybridized carbons (Fsp3) is 0.312. The quantitative estimate of drug-likeness (QED) is 0.846. The summed E-state index contributed by atoms with van der Waals surface area (Å²) in [6.07, 6.45) is 0. The molecular weight excluding hydrogens is 304 g/mol. The van der Waals surface area contributed by atoms with Gasteiger partial charge in [-0.05, 0) is 43.0 Å². The number of halogens is 1. The molecule has 21 heavy (non-hydrogen) atoms. The zero-order chi connectivity index (χ0) is 15.2. The Hall–Kier alpha value is -1.36. The fourth-order valence-corrected chi connectivity index (χ4v) is 2.88. The third-order valence-corrected chi connectivity index (χ3v) is 4.59. The number of carbonyl (C=O) groups excluding carboxylic acids is 1. The molecule has 0 aliphatic heterocycles. The molecule has 0 bridgehead atoms. The predicted molar refractivity (Wildman–Crippen MR) is 88.7 cm³/mol. The molecule has 0 fully saturated rings. The third kappa shape index (κ3) is 4.84. The number of carbonyl (C=O) groups is 1. The van der Waals surface area contributed by atoms with Gasteiger partial charge in [-0.3, -0.25) is 4.79 Å². The molecule has 2 N–H and O–H groups in total. The topological polar surface area (TPSA) is 41.1 Å². The Morgan fingerprint density at radius 1 is 1.19 bits per heavy atom. The molecular formula is C16H19ClN2OS. The standard InChI is InChI=1S/C16H19ClN2OS/c1-11(13-5-7-14(17)8-6-13)18-10-16(20)19-12(2)15-4-3-9-21-15/h3-9,11-12,18H,10H2,1-2H3,(H,19,20)/t11-,12-/m1/s1. The Morgan fingerprint density at radius 3 is 2.52 bits per heavy atom. The lowest BCUT2D eigenvalue weighted by Crippen LogP contribution is -2.36. The van der Waals surface area contributed by atoms with Crippen LogP contribution >= 0.6 is 22.9 Å². The Bertz CT molecular complexity index is 568. The second kappa shape index (κ2) is 7.59. The second-order valence-electron chi connectivity index (χ2n) is 4.96. The molecule has 0 aliphatic rings. The van der Waals surface area contributed by atoms with Gasteiger partial charge in [0.2, 0.25) is 5.91 Å². The highest BCUT2D eigenvalue weighted by Crippen LogP contribution is 2.18. The van der Waals surface area contributed by atoms with Gasteiger partial charge in [0.25, 0.3) is 0 Å². The smallest absolute Gasteiger partial charge is 0.234 e. The molecule has 0 radical (unpaired) electrons. The van der Waals surface area contributed by atoms with Crippen LogP contribution in [0.25, 0.3) is 0 Å². The average Bonchev–Trinajstić information content (AvgIpc) is 3.00. The van der Waals surface area contributed by atoms with E-state index in [2.05, 4.69) is 10.6 Å². The highest BCUT2D eigenvalue weighted by molar-refractivity contribution is 7.10. The molecule has 0 spiro atoms. The third-order valence-electron chi connectivity index (χ3n) is 3.29. The number of hydrogen-bond acceptors (Lipinski definition) is 3. The van der Waals surface area contributed by atoms with Crippen LogP contribution in [0.5, 0.6) is 0 Å². The summed E-state index contributed by atoms with van der Waals surface area (Å²) < 4.78 is 0. The van der Waals surface area contributed by atoms with Crippen molar-refractivity contribution < 1.29 is 4.79 Å². The molecule has 0 unspecified atom stereocenters. The van der Waals surface area contributed by atoms with Gasteiger partial charge < -0.3 is 10.6 Å². The summed E-state index contributed by atoms with van der Waals surface area (Å²) >= 11 is 7.51. The van der Waals surface area contributed by atoms with Crippen LogP contribution in [0, 0.1) is 0 Å². The van der Waals surface area contributed by atoms with Gasteiger partial charge in [-0.1, -0.05) is 29.8 Å². The van der Waals surface area contributed by atoms with Crippen LogP contribution in [0.2, 0.25) is 5.02 Å². The maximum atomic E-state index is 11.9. The molecule has 1 heterocycles. The molecule has 5 heteroatoms. The number of thiophene rings is 1. The first-order valence-electron chi connectivity index (χ1n) is 6.88. The van der Waals surface area contributed by atoms with E-state index in [1.165, 1.54) is 0 Å². The Morgan fingerprint density at radius 2 is 1.90 bits per heavy atom. The highest BCUT2D eigenvalue weighted by Gasteiger charge is 2.11. The SMILES string of the molecule is C[C@@H](NCC(=O)N[C@H](C)c1cccs1)c1ccc(Cl)cc1. The summed E-state index contributed by atoms with van der Waals surface area (Å²) in [5.41, 5.74) is 1.11. The summed E-state index contributed by atoms with van der Waals surface area (Å²) in [5, 5.41) is 8.93. The Balaban J connectivity index is 1.79. The summed E-state index contributed by atoms with van der Waals surface area (Å²) in [4.78, 5) is 13.1. The van der Waals surface area contributed by atoms with Crippen molar-refractivity contribution in [2.45, 2.75) is 25.9 Å². The van der Waals surface area contributed by atoms with Gasteiger partial charge in [0.1, 0.15) is 0 Å². The highest BCUT2D eigenvalue weighted by atomic mass is 35.5. The lowest BCUT2D eigenvalue weighted by molar-refractivity contribution is -0.121. The van der Waals surface area contributed by atoms with E-state index in [1.807, 2.05) is 55.6 Å². The van der Waals surface area contributed by atoms with E-state index in [-0.39, 0.29) is 18.0 Å². The molecule has 112 valence electrons. The van der Waals surface area contributed by atoms with Crippen molar-refractivity contribution in [3.05, 3.63) is 57.2 Å². The first-order valence-corrected chi connectivity index (χ1v) is 8.13. The molecule has 0 saturated heterocycles. The average molecular weight is 323 g/mol. The number of hydrogen-bond donors (Lipinski definition) is 2. The van der Waals surface area contributed by atoms with Crippen molar-refractivity contribution in [3.8, 4) is 0 Å².